The van der Waals surface area contributed by atoms with Crippen molar-refractivity contribution < 1.29 is 24.5 Å². The molecule has 0 spiro atoms. The van der Waals surface area contributed by atoms with Gasteiger partial charge in [-0.05, 0) is 71.3 Å². The van der Waals surface area contributed by atoms with Crippen LogP contribution in [0.4, 0.5) is 34.1 Å². The van der Waals surface area contributed by atoms with E-state index in [0.717, 1.165) is 16.7 Å². The summed E-state index contributed by atoms with van der Waals surface area (Å²) in [5.41, 5.74) is -0.673. The van der Waals surface area contributed by atoms with Gasteiger partial charge in [0, 0.05) is 28.2 Å². The van der Waals surface area contributed by atoms with E-state index in [1.807, 2.05) is 57.2 Å². The molecule has 0 radical (unpaired) electrons. The maximum Gasteiger partial charge on any atom is 0.257 e. The Morgan fingerprint density at radius 2 is 1.10 bits per heavy atom. The highest BCUT2D eigenvalue weighted by Crippen LogP contribution is 2.39. The van der Waals surface area contributed by atoms with Gasteiger partial charge in [0.05, 0.1) is 41.7 Å². The number of phenolic OH excluding ortho intramolecular Hbond substituents is 2. The van der Waals surface area contributed by atoms with Gasteiger partial charge < -0.3 is 46.0 Å². The van der Waals surface area contributed by atoms with Crippen LogP contribution < -0.4 is 47.7 Å². The monoisotopic (exact) mass is 842 g/mol. The number of aromatic hydroxyl groups is 2. The average molecular weight is 843 g/mol. The Labute approximate surface area is 358 Å². The second-order valence-corrected chi connectivity index (χ2v) is 16.6. The van der Waals surface area contributed by atoms with E-state index in [-0.39, 0.29) is 56.8 Å². The first-order valence-electron chi connectivity index (χ1n) is 19.9. The van der Waals surface area contributed by atoms with E-state index in [2.05, 4.69) is 21.3 Å². The molecule has 6 aromatic carbocycles. The molecular formula is C47H50N6O9. The number of nitrogens with zero attached hydrogens (tertiary/aromatic N) is 2. The lowest BCUT2D eigenvalue weighted by molar-refractivity contribution is 0.0817. The van der Waals surface area contributed by atoms with Crippen LogP contribution in [0.3, 0.4) is 0 Å². The van der Waals surface area contributed by atoms with E-state index in [4.69, 9.17) is 4.74 Å². The van der Waals surface area contributed by atoms with Gasteiger partial charge >= 0.3 is 0 Å². The number of ether oxygens (including phenoxy) is 1. The zero-order chi connectivity index (χ0) is 45.2. The Hall–Kier alpha value is -7.42. The van der Waals surface area contributed by atoms with Crippen LogP contribution in [-0.2, 0) is 6.42 Å². The fourth-order valence-electron chi connectivity index (χ4n) is 7.20. The molecule has 0 fully saturated rings. The lowest BCUT2D eigenvalue weighted by Crippen LogP contribution is -2.39. The third-order valence-electron chi connectivity index (χ3n) is 10.7. The molecule has 2 amide bonds. The number of carbonyl (C=O) groups is 2. The van der Waals surface area contributed by atoms with Crippen molar-refractivity contribution in [3.8, 4) is 17.2 Å². The van der Waals surface area contributed by atoms with Crippen molar-refractivity contribution in [2.75, 3.05) is 56.6 Å². The summed E-state index contributed by atoms with van der Waals surface area (Å²) in [7, 11) is 7.77. The zero-order valence-electron chi connectivity index (χ0n) is 35.8. The van der Waals surface area contributed by atoms with Crippen LogP contribution in [0.15, 0.2) is 104 Å². The number of amides is 2. The lowest BCUT2D eigenvalue weighted by Gasteiger charge is -2.34. The number of carbonyl (C=O) groups excluding carboxylic acids is 2. The summed E-state index contributed by atoms with van der Waals surface area (Å²) in [5, 5.41) is 34.2. The van der Waals surface area contributed by atoms with E-state index in [1.54, 1.807) is 59.6 Å². The molecule has 0 heterocycles. The van der Waals surface area contributed by atoms with Crippen molar-refractivity contribution in [2.24, 2.45) is 5.41 Å². The number of hydrogen-bond acceptors (Lipinski definition) is 13. The molecule has 0 bridgehead atoms. The highest BCUT2D eigenvalue weighted by Gasteiger charge is 2.32. The molecule has 0 aliphatic heterocycles. The minimum absolute atomic E-state index is 0.0255. The van der Waals surface area contributed by atoms with E-state index >= 15 is 0 Å². The van der Waals surface area contributed by atoms with Crippen molar-refractivity contribution in [1.29, 1.82) is 0 Å². The molecule has 6 rings (SSSR count). The normalized spacial score (nSPS) is 12.4. The summed E-state index contributed by atoms with van der Waals surface area (Å²) >= 11 is 0. The number of nitrogens with one attached hydrogen (secondary N) is 4. The van der Waals surface area contributed by atoms with Gasteiger partial charge in [0.15, 0.2) is 11.5 Å². The van der Waals surface area contributed by atoms with Gasteiger partial charge in [0.1, 0.15) is 28.5 Å². The van der Waals surface area contributed by atoms with Gasteiger partial charge in [0.25, 0.3) is 33.5 Å². The number of anilines is 6. The predicted molar refractivity (Wildman–Crippen MR) is 241 cm³/mol. The van der Waals surface area contributed by atoms with Crippen molar-refractivity contribution >= 4 is 45.9 Å². The molecule has 0 saturated carbocycles. The third kappa shape index (κ3) is 8.87. The SMILES string of the molecule is COc1ccc(C(CCc2cccc([C@H](Nc3c(Nc4cccc(C(=O)N(C)C)c4O)c(=O)c3=O)C(C)(C)C)c2)Nc2c(Nc3cccc(C(=O)N(C)C)c3O)c(=O)c2=O)cc1. The maximum atomic E-state index is 13.1. The molecule has 0 saturated heterocycles. The van der Waals surface area contributed by atoms with Crippen LogP contribution >= 0.6 is 0 Å². The Bertz CT molecular complexity index is 2790. The standard InChI is InChI=1S/C47H50N6O9/c1-47(2,3)44(51-37-36(42(58)43(37)59)50-33-17-11-15-30(39(33)55)46(61)53(6)7)27-13-9-12-25(24-27)18-23-31(26-19-21-28(62-8)22-20-26)48-34-35(41(57)40(34)56)49-32-16-10-14-29(38(32)54)45(60)52(4)5/h9-17,19-22,24,31,44,48-51,54-55H,18,23H2,1-8H3/t31?,44-/m0/s1. The number of rotatable bonds is 16. The highest BCUT2D eigenvalue weighted by atomic mass is 16.5. The van der Waals surface area contributed by atoms with Crippen LogP contribution in [0.5, 0.6) is 17.2 Å². The molecule has 62 heavy (non-hydrogen) atoms. The van der Waals surface area contributed by atoms with Gasteiger partial charge in [0.2, 0.25) is 0 Å². The van der Waals surface area contributed by atoms with Crippen molar-refractivity contribution in [1.82, 2.24) is 9.80 Å². The summed E-state index contributed by atoms with van der Waals surface area (Å²) in [5.74, 6) is -0.959. The molecule has 0 aliphatic carbocycles. The number of methoxy groups -OCH3 is 1. The van der Waals surface area contributed by atoms with Crippen LogP contribution in [0.1, 0.15) is 76.7 Å². The van der Waals surface area contributed by atoms with Crippen molar-refractivity contribution in [2.45, 2.75) is 45.7 Å². The summed E-state index contributed by atoms with van der Waals surface area (Å²) in [6, 6.07) is 23.2. The molecule has 1 unspecified atom stereocenters. The highest BCUT2D eigenvalue weighted by molar-refractivity contribution is 6.00. The fraction of sp³-hybridized carbons (Fsp3) is 0.277. The molecule has 6 N–H and O–H groups in total. The van der Waals surface area contributed by atoms with Gasteiger partial charge in [-0.3, -0.25) is 28.8 Å². The second-order valence-electron chi connectivity index (χ2n) is 16.6. The summed E-state index contributed by atoms with van der Waals surface area (Å²) in [4.78, 5) is 79.9. The van der Waals surface area contributed by atoms with E-state index < -0.39 is 51.0 Å². The van der Waals surface area contributed by atoms with E-state index in [9.17, 15) is 39.0 Å². The Balaban J connectivity index is 1.26. The largest absolute Gasteiger partial charge is 0.505 e. The lowest BCUT2D eigenvalue weighted by atomic mass is 9.81. The molecule has 0 aromatic heterocycles. The van der Waals surface area contributed by atoms with Gasteiger partial charge in [-0.15, -0.1) is 0 Å². The minimum atomic E-state index is -0.775. The molecule has 322 valence electrons. The number of aryl methyl sites for hydroxylation is 1. The first kappa shape index (κ1) is 44.1. The smallest absolute Gasteiger partial charge is 0.257 e. The van der Waals surface area contributed by atoms with Crippen LogP contribution in [-0.4, -0.2) is 67.1 Å². The minimum Gasteiger partial charge on any atom is -0.505 e. The number of para-hydroxylation sites is 2. The summed E-state index contributed by atoms with van der Waals surface area (Å²) < 4.78 is 5.37. The predicted octanol–water partition coefficient (Wildman–Crippen LogP) is 6.17. The van der Waals surface area contributed by atoms with Crippen LogP contribution in [0.2, 0.25) is 0 Å². The Morgan fingerprint density at radius 1 is 0.629 bits per heavy atom. The molecule has 2 atom stereocenters. The molecule has 15 nitrogen and oxygen atoms in total. The summed E-state index contributed by atoms with van der Waals surface area (Å²) in [6.07, 6.45) is 0.946. The number of benzene rings is 4. The van der Waals surface area contributed by atoms with Crippen molar-refractivity contribution in [3.05, 3.63) is 154 Å². The molecule has 15 heteroatoms. The third-order valence-corrected chi connectivity index (χ3v) is 10.7. The van der Waals surface area contributed by atoms with Crippen LogP contribution in [0.25, 0.3) is 0 Å². The molecular weight excluding hydrogens is 793 g/mol. The second kappa shape index (κ2) is 17.7. The first-order valence-corrected chi connectivity index (χ1v) is 19.9. The van der Waals surface area contributed by atoms with Crippen molar-refractivity contribution in [3.63, 3.8) is 0 Å². The van der Waals surface area contributed by atoms with E-state index in [1.165, 1.54) is 34.1 Å². The van der Waals surface area contributed by atoms with E-state index in [0.29, 0.717) is 18.6 Å². The topological polar surface area (TPSA) is 207 Å². The van der Waals surface area contributed by atoms with Crippen LogP contribution in [0, 0.1) is 5.41 Å². The Kier molecular flexibility index (Phi) is 12.6. The maximum absolute atomic E-state index is 13.1. The average Bonchev–Trinajstić information content (AvgIpc) is 3.25. The first-order chi connectivity index (χ1) is 29.3. The van der Waals surface area contributed by atoms with Gasteiger partial charge in [-0.1, -0.05) is 69.3 Å². The quantitative estimate of drug-likeness (QED) is 0.0477. The van der Waals surface area contributed by atoms with Gasteiger partial charge in [-0.25, -0.2) is 0 Å². The molecule has 6 aromatic rings. The number of hydrogen-bond donors (Lipinski definition) is 6. The number of phenols is 2. The Morgan fingerprint density at radius 3 is 1.56 bits per heavy atom. The zero-order valence-corrected chi connectivity index (χ0v) is 35.8. The molecule has 0 aliphatic rings. The van der Waals surface area contributed by atoms with Gasteiger partial charge in [-0.2, -0.15) is 0 Å². The fourth-order valence-corrected chi connectivity index (χ4v) is 7.20. The summed E-state index contributed by atoms with van der Waals surface area (Å²) in [6.45, 7) is 5.98.